The van der Waals surface area contributed by atoms with Crippen molar-refractivity contribution >= 4 is 99.3 Å². The molecule has 2 aromatic heterocycles. The number of aliphatic hydroxyl groups excluding tert-OH is 1. The molecule has 24 N–H and O–H groups in total. The van der Waals surface area contributed by atoms with Gasteiger partial charge in [-0.2, -0.15) is 0 Å². The molecule has 4 aromatic carbocycles. The van der Waals surface area contributed by atoms with Gasteiger partial charge in [-0.15, -0.1) is 0 Å². The smallest absolute Gasteiger partial charge is 0.265 e. The Kier molecular flexibility index (Phi) is 28.5. The van der Waals surface area contributed by atoms with Crippen LogP contribution in [0.25, 0.3) is 10.9 Å². The van der Waals surface area contributed by atoms with Crippen LogP contribution in [0.15, 0.2) is 91.5 Å². The average Bonchev–Trinajstić information content (AvgIpc) is 0.837. The summed E-state index contributed by atoms with van der Waals surface area (Å²) in [6.45, 7) is 1.94. The molecule has 1 aliphatic carbocycles. The molecule has 2 saturated heterocycles. The average molecular weight is 1550 g/mol. The summed E-state index contributed by atoms with van der Waals surface area (Å²) in [4.78, 5) is 206. The number of unbranched alkanes of at least 4 members (excludes halogenated alkanes) is 1. The summed E-state index contributed by atoms with van der Waals surface area (Å²) < 4.78 is 0. The van der Waals surface area contributed by atoms with Crippen LogP contribution < -0.4 is 75.5 Å². The number of nitrogens with zero attached hydrogens (tertiary/aromatic N) is 2. The Balaban J connectivity index is 0.961. The fourth-order valence-corrected chi connectivity index (χ4v) is 13.3. The number of aromatic hydroxyl groups is 4. The van der Waals surface area contributed by atoms with Crippen LogP contribution in [-0.4, -0.2) is 221 Å². The van der Waals surface area contributed by atoms with Gasteiger partial charge in [0.25, 0.3) is 5.91 Å². The van der Waals surface area contributed by atoms with Gasteiger partial charge in [-0.3, -0.25) is 78.0 Å². The maximum absolute atomic E-state index is 15.2. The first-order valence-electron chi connectivity index (χ1n) is 36.3. The zero-order valence-electron chi connectivity index (χ0n) is 61.2. The largest absolute Gasteiger partial charge is 0.508 e. The van der Waals surface area contributed by atoms with Crippen molar-refractivity contribution in [1.29, 1.82) is 5.41 Å². The number of fused-ring (bicyclic) bond motifs is 3. The zero-order chi connectivity index (χ0) is 81.0. The highest BCUT2D eigenvalue weighted by molar-refractivity contribution is 6.31. The zero-order valence-corrected chi connectivity index (χ0v) is 61.2. The van der Waals surface area contributed by atoms with Gasteiger partial charge in [0.2, 0.25) is 70.8 Å². The van der Waals surface area contributed by atoms with E-state index in [4.69, 9.17) is 16.9 Å². The monoisotopic (exact) mass is 1550 g/mol. The fourth-order valence-electron chi connectivity index (χ4n) is 13.3. The van der Waals surface area contributed by atoms with Crippen LogP contribution in [-0.2, 0) is 72.0 Å². The van der Waals surface area contributed by atoms with Crippen LogP contribution in [0, 0.1) is 11.3 Å². The normalized spacial score (nSPS) is 16.2. The number of guanidine groups is 1. The number of aromatic nitrogens is 3. The Morgan fingerprint density at radius 3 is 1.90 bits per heavy atom. The van der Waals surface area contributed by atoms with E-state index in [1.807, 2.05) is 0 Å². The Morgan fingerprint density at radius 2 is 1.24 bits per heavy atom. The maximum atomic E-state index is 15.2. The van der Waals surface area contributed by atoms with E-state index in [9.17, 15) is 83.1 Å². The van der Waals surface area contributed by atoms with E-state index >= 15 is 9.59 Å². The van der Waals surface area contributed by atoms with Gasteiger partial charge in [-0.25, -0.2) is 10.4 Å². The summed E-state index contributed by atoms with van der Waals surface area (Å²) in [5.74, 6) is -14.9. The number of para-hydroxylation sites is 1. The molecule has 0 radical (unpaired) electrons. The predicted molar refractivity (Wildman–Crippen MR) is 397 cm³/mol. The number of rotatable bonds is 38. The number of aliphatic hydroxyl groups is 1. The van der Waals surface area contributed by atoms with Crippen molar-refractivity contribution < 1.29 is 92.7 Å². The summed E-state index contributed by atoms with van der Waals surface area (Å²) >= 11 is 0. The fraction of sp³-hybridized carbons (Fsp3) is 0.405. The number of carbonyl (C=O) groups is 14. The molecule has 4 heterocycles. The molecular formula is C74H91N19O19. The Morgan fingerprint density at radius 1 is 0.625 bits per heavy atom. The molecule has 2 aliphatic heterocycles. The molecule has 38 nitrogen and oxygen atoms in total. The van der Waals surface area contributed by atoms with Crippen molar-refractivity contribution in [2.75, 3.05) is 32.8 Å². The number of phenols is 4. The number of primary amides is 1. The second kappa shape index (κ2) is 38.4. The third-order valence-corrected chi connectivity index (χ3v) is 19.0. The molecule has 3 aliphatic rings. The first-order chi connectivity index (χ1) is 53.5. The van der Waals surface area contributed by atoms with Crippen LogP contribution in [0.2, 0.25) is 0 Å². The van der Waals surface area contributed by atoms with Gasteiger partial charge < -0.3 is 105 Å². The van der Waals surface area contributed by atoms with E-state index in [1.54, 1.807) is 44.3 Å². The molecule has 596 valence electrons. The molecule has 38 heteroatoms. The third kappa shape index (κ3) is 21.9. The van der Waals surface area contributed by atoms with Crippen molar-refractivity contribution in [2.45, 2.75) is 152 Å². The van der Waals surface area contributed by atoms with Crippen molar-refractivity contribution in [3.63, 3.8) is 0 Å². The van der Waals surface area contributed by atoms with E-state index in [0.29, 0.717) is 34.1 Å². The predicted octanol–water partition coefficient (Wildman–Crippen LogP) is -2.81. The molecular weight excluding hydrogens is 1460 g/mol. The van der Waals surface area contributed by atoms with Gasteiger partial charge in [0.1, 0.15) is 77.4 Å². The first-order valence-corrected chi connectivity index (χ1v) is 36.3. The number of ketones is 2. The number of H-pyrrole nitrogens is 2. The lowest BCUT2D eigenvalue weighted by molar-refractivity contribution is -0.142. The molecule has 0 saturated carbocycles. The van der Waals surface area contributed by atoms with Gasteiger partial charge in [-0.1, -0.05) is 44.2 Å². The van der Waals surface area contributed by atoms with Crippen molar-refractivity contribution in [1.82, 2.24) is 83.9 Å². The minimum Gasteiger partial charge on any atom is -0.508 e. The summed E-state index contributed by atoms with van der Waals surface area (Å²) in [6, 6.07) is 3.25. The van der Waals surface area contributed by atoms with Crippen molar-refractivity contribution in [3.05, 3.63) is 136 Å². The minimum atomic E-state index is -1.89. The number of imidazole rings is 1. The summed E-state index contributed by atoms with van der Waals surface area (Å²) in [5, 5.41) is 87.2. The third-order valence-electron chi connectivity index (χ3n) is 19.0. The highest BCUT2D eigenvalue weighted by atomic mass is 16.3. The Labute approximate surface area is 639 Å². The summed E-state index contributed by atoms with van der Waals surface area (Å²) in [7, 11) is 0. The number of benzene rings is 4. The topological polar surface area (TPSA) is 608 Å². The Hall–Kier alpha value is -13.0. The number of amides is 12. The van der Waals surface area contributed by atoms with Gasteiger partial charge in [-0.05, 0) is 111 Å². The van der Waals surface area contributed by atoms with Gasteiger partial charge in [0.05, 0.1) is 36.3 Å². The number of nitrogens with two attached hydrogens (primary N) is 2. The molecule has 0 unspecified atom stereocenters. The van der Waals surface area contributed by atoms with E-state index < -0.39 is 178 Å². The molecule has 6 aromatic rings. The molecule has 0 spiro atoms. The SMILES string of the molecule is CC(C)C[C@H](NC(=O)[C@@H](CCCCNNC(=O)c1cc(O)c2c(c1)C(=O)c1cc(O)cc(O)c1C2=O)NC(=O)[C@H](Cc1ccc(O)cc1)NC(=O)[C@H](CO)NC(=O)[C@H](Cc1c[nH]c2ccccc12)NC(=O)[C@H](Cc1c[nH]cn1)NC(=O)[C@@H]1CCC(=O)N1)C(=O)N[C@@H](CCCNC(=N)N)C(=O)N1CCC[C@H]1C(=O)NCC(N)=O. The minimum absolute atomic E-state index is 0.0191. The number of carbonyl (C=O) groups excluding carboxylic acids is 14. The lowest BCUT2D eigenvalue weighted by Gasteiger charge is -2.31. The highest BCUT2D eigenvalue weighted by Crippen LogP contribution is 2.39. The molecule has 9 atom stereocenters. The number of likely N-dealkylation sites (tertiary alicyclic amines) is 1. The Bertz CT molecular complexity index is 4550. The number of nitrogens with one attached hydrogen (secondary N) is 15. The summed E-state index contributed by atoms with van der Waals surface area (Å²) in [6.07, 6.45) is 4.25. The number of aromatic amines is 2. The van der Waals surface area contributed by atoms with Crippen LogP contribution >= 0.6 is 0 Å². The van der Waals surface area contributed by atoms with E-state index in [2.05, 4.69) is 79.0 Å². The number of hydrazine groups is 1. The standard InChI is InChI=1S/C74H91N19O19/c1-36(2)23-50(67(106)86-49(12-7-20-79-74(76)77)73(112)93-22-8-13-55(93)72(111)81-33-58(75)99)87-65(104)47(11-5-6-21-83-92-64(103)38-25-44-60(56(97)27-38)63(102)61-45(62(44)101)29-42(96)30-57(61)98)85-68(107)51(24-37-14-16-41(95)17-15-37)88-71(110)54(34-94)91-69(108)52(26-39-31-80-46-10-4-3-9-43(39)46)89-70(109)53(28-40-32-78-35-82-40)90-66(105)48-18-19-59(100)84-48/h3-4,9-10,14-17,25,27,29-32,35-36,47-55,80,83,94-98H,5-8,11-13,18-24,26,28,33-34H2,1-2H3,(H2,75,99)(H,78,82)(H,81,111)(H,84,100)(H,85,107)(H,86,106)(H,87,104)(H,88,110)(H,89,109)(H,90,105)(H,91,108)(H,92,103)(H4,76,77,79)/t47-,48+,49+,50+,51+,52+,53+,54+,55+/m1/s1. The molecule has 2 fully saturated rings. The van der Waals surface area contributed by atoms with E-state index in [1.165, 1.54) is 41.7 Å². The van der Waals surface area contributed by atoms with Crippen molar-refractivity contribution in [3.8, 4) is 23.0 Å². The molecule has 12 amide bonds. The second-order valence-corrected chi connectivity index (χ2v) is 27.8. The van der Waals surface area contributed by atoms with Gasteiger partial charge in [0.15, 0.2) is 11.7 Å². The second-order valence-electron chi connectivity index (χ2n) is 27.8. The summed E-state index contributed by atoms with van der Waals surface area (Å²) in [5.41, 5.74) is 15.7. The van der Waals surface area contributed by atoms with E-state index in [0.717, 1.165) is 24.3 Å². The molecule has 0 bridgehead atoms. The van der Waals surface area contributed by atoms with Gasteiger partial charge >= 0.3 is 0 Å². The first kappa shape index (κ1) is 83.0. The van der Waals surface area contributed by atoms with Crippen LogP contribution in [0.3, 0.4) is 0 Å². The van der Waals surface area contributed by atoms with Crippen LogP contribution in [0.5, 0.6) is 23.0 Å². The van der Waals surface area contributed by atoms with E-state index in [-0.39, 0.29) is 131 Å². The molecule has 9 rings (SSSR count). The number of phenolic OH excluding ortho intramolecular Hbond substituents is 4. The number of hydrogen-bond acceptors (Lipinski definition) is 22. The van der Waals surface area contributed by atoms with Gasteiger partial charge in [0, 0.05) is 91.4 Å². The molecule has 112 heavy (non-hydrogen) atoms. The van der Waals surface area contributed by atoms with Crippen LogP contribution in [0.1, 0.15) is 137 Å². The number of hydrogen-bond donors (Lipinski definition) is 22. The highest BCUT2D eigenvalue weighted by Gasteiger charge is 2.41. The maximum Gasteiger partial charge on any atom is 0.265 e. The van der Waals surface area contributed by atoms with Crippen molar-refractivity contribution in [2.24, 2.45) is 17.4 Å². The quantitative estimate of drug-likeness (QED) is 0.00804. The van der Waals surface area contributed by atoms with Crippen LogP contribution in [0.4, 0.5) is 0 Å². The lowest BCUT2D eigenvalue weighted by Crippen LogP contribution is -2.61. The lowest BCUT2D eigenvalue weighted by atomic mass is 9.82.